The van der Waals surface area contributed by atoms with Crippen molar-refractivity contribution in [1.29, 1.82) is 0 Å². The maximum Gasteiger partial charge on any atom is 0.339 e. The second-order valence-electron chi connectivity index (χ2n) is 4.16. The number of carbonyl (C=O) groups is 1. The van der Waals surface area contributed by atoms with E-state index in [2.05, 4.69) is 0 Å². The highest BCUT2D eigenvalue weighted by atomic mass is 35.5. The Morgan fingerprint density at radius 1 is 1.50 bits per heavy atom. The van der Waals surface area contributed by atoms with Crippen molar-refractivity contribution in [3.05, 3.63) is 28.8 Å². The Bertz CT molecular complexity index is 399. The molecule has 0 radical (unpaired) electrons. The SMILES string of the molecule is CCC(C)(C)Oc1cc(Cl)ccc1C(=O)O. The summed E-state index contributed by atoms with van der Waals surface area (Å²) in [5.74, 6) is -0.703. The Morgan fingerprint density at radius 2 is 2.12 bits per heavy atom. The highest BCUT2D eigenvalue weighted by Crippen LogP contribution is 2.28. The molecule has 1 rings (SSSR count). The lowest BCUT2D eigenvalue weighted by Crippen LogP contribution is -2.27. The lowest BCUT2D eigenvalue weighted by atomic mass is 10.1. The van der Waals surface area contributed by atoms with E-state index in [9.17, 15) is 4.79 Å². The number of carboxylic acid groups (broad SMARTS) is 1. The van der Waals surface area contributed by atoms with Gasteiger partial charge in [0.2, 0.25) is 0 Å². The quantitative estimate of drug-likeness (QED) is 0.877. The van der Waals surface area contributed by atoms with Gasteiger partial charge in [-0.3, -0.25) is 0 Å². The minimum absolute atomic E-state index is 0.130. The van der Waals surface area contributed by atoms with Gasteiger partial charge in [0.15, 0.2) is 0 Å². The average molecular weight is 243 g/mol. The van der Waals surface area contributed by atoms with Crippen molar-refractivity contribution < 1.29 is 14.6 Å². The third kappa shape index (κ3) is 3.14. The number of ether oxygens (including phenoxy) is 1. The summed E-state index contributed by atoms with van der Waals surface area (Å²) in [5, 5.41) is 9.47. The predicted octanol–water partition coefficient (Wildman–Crippen LogP) is 3.61. The van der Waals surface area contributed by atoms with Gasteiger partial charge in [-0.1, -0.05) is 18.5 Å². The zero-order valence-corrected chi connectivity index (χ0v) is 10.3. The Kier molecular flexibility index (Phi) is 3.81. The zero-order valence-electron chi connectivity index (χ0n) is 9.58. The van der Waals surface area contributed by atoms with Crippen LogP contribution in [-0.4, -0.2) is 16.7 Å². The summed E-state index contributed by atoms with van der Waals surface area (Å²) in [7, 11) is 0. The van der Waals surface area contributed by atoms with Gasteiger partial charge in [0.1, 0.15) is 16.9 Å². The van der Waals surface area contributed by atoms with Gasteiger partial charge in [-0.2, -0.15) is 0 Å². The minimum atomic E-state index is -1.02. The van der Waals surface area contributed by atoms with Crippen molar-refractivity contribution >= 4 is 17.6 Å². The van der Waals surface area contributed by atoms with Crippen molar-refractivity contribution in [2.75, 3.05) is 0 Å². The number of aromatic carboxylic acids is 1. The molecule has 0 aliphatic rings. The molecular weight excluding hydrogens is 228 g/mol. The molecule has 0 fully saturated rings. The van der Waals surface area contributed by atoms with Gasteiger partial charge >= 0.3 is 5.97 Å². The molecule has 0 unspecified atom stereocenters. The van der Waals surface area contributed by atoms with Crippen molar-refractivity contribution in [3.63, 3.8) is 0 Å². The fraction of sp³-hybridized carbons (Fsp3) is 0.417. The van der Waals surface area contributed by atoms with Crippen LogP contribution in [0.1, 0.15) is 37.6 Å². The summed E-state index contributed by atoms with van der Waals surface area (Å²) in [6, 6.07) is 4.52. The largest absolute Gasteiger partial charge is 0.487 e. The molecule has 4 heteroatoms. The number of halogens is 1. The third-order valence-corrected chi connectivity index (χ3v) is 2.65. The first-order chi connectivity index (χ1) is 7.35. The van der Waals surface area contributed by atoms with Crippen LogP contribution in [0.2, 0.25) is 5.02 Å². The molecule has 0 spiro atoms. The van der Waals surface area contributed by atoms with E-state index in [0.29, 0.717) is 10.8 Å². The number of benzene rings is 1. The Balaban J connectivity index is 3.10. The van der Waals surface area contributed by atoms with Crippen molar-refractivity contribution in [2.45, 2.75) is 32.8 Å². The van der Waals surface area contributed by atoms with Crippen molar-refractivity contribution in [3.8, 4) is 5.75 Å². The van der Waals surface area contributed by atoms with E-state index in [1.54, 1.807) is 0 Å². The van der Waals surface area contributed by atoms with Crippen LogP contribution in [0.3, 0.4) is 0 Å². The summed E-state index contributed by atoms with van der Waals surface area (Å²) >= 11 is 5.82. The molecule has 0 saturated heterocycles. The van der Waals surface area contributed by atoms with Gasteiger partial charge in [-0.25, -0.2) is 4.79 Å². The molecule has 0 heterocycles. The van der Waals surface area contributed by atoms with E-state index in [4.69, 9.17) is 21.4 Å². The molecule has 0 aromatic heterocycles. The van der Waals surface area contributed by atoms with Gasteiger partial charge in [0, 0.05) is 5.02 Å². The molecule has 0 aliphatic heterocycles. The summed E-state index contributed by atoms with van der Waals surface area (Å²) < 4.78 is 5.66. The first kappa shape index (κ1) is 12.8. The van der Waals surface area contributed by atoms with Crippen LogP contribution in [0.4, 0.5) is 0 Å². The van der Waals surface area contributed by atoms with Crippen LogP contribution in [0.5, 0.6) is 5.75 Å². The normalized spacial score (nSPS) is 11.2. The minimum Gasteiger partial charge on any atom is -0.487 e. The molecule has 0 bridgehead atoms. The second-order valence-corrected chi connectivity index (χ2v) is 4.60. The number of rotatable bonds is 4. The number of carboxylic acids is 1. The smallest absolute Gasteiger partial charge is 0.339 e. The first-order valence-corrected chi connectivity index (χ1v) is 5.45. The van der Waals surface area contributed by atoms with E-state index in [0.717, 1.165) is 6.42 Å². The summed E-state index contributed by atoms with van der Waals surface area (Å²) in [5.41, 5.74) is -0.277. The summed E-state index contributed by atoms with van der Waals surface area (Å²) in [6.45, 7) is 5.78. The molecule has 1 N–H and O–H groups in total. The number of hydrogen-bond donors (Lipinski definition) is 1. The predicted molar refractivity (Wildman–Crippen MR) is 63.4 cm³/mol. The third-order valence-electron chi connectivity index (χ3n) is 2.41. The fourth-order valence-corrected chi connectivity index (χ4v) is 1.29. The molecule has 0 atom stereocenters. The van der Waals surface area contributed by atoms with Gasteiger partial charge in [0.05, 0.1) is 0 Å². The Hall–Kier alpha value is -1.22. The maximum absolute atomic E-state index is 11.0. The molecule has 0 aliphatic carbocycles. The van der Waals surface area contributed by atoms with Crippen LogP contribution in [0.15, 0.2) is 18.2 Å². The Labute approximate surface area is 100.0 Å². The number of hydrogen-bond acceptors (Lipinski definition) is 2. The van der Waals surface area contributed by atoms with Crippen molar-refractivity contribution in [2.24, 2.45) is 0 Å². The summed E-state index contributed by atoms with van der Waals surface area (Å²) in [6.07, 6.45) is 0.776. The van der Waals surface area contributed by atoms with Crippen LogP contribution < -0.4 is 4.74 Å². The van der Waals surface area contributed by atoms with Crippen LogP contribution in [-0.2, 0) is 0 Å². The molecule has 0 saturated carbocycles. The molecule has 88 valence electrons. The lowest BCUT2D eigenvalue weighted by molar-refractivity contribution is 0.0672. The van der Waals surface area contributed by atoms with Crippen LogP contribution in [0, 0.1) is 0 Å². The molecular formula is C12H15ClO3. The molecule has 0 amide bonds. The topological polar surface area (TPSA) is 46.5 Å². The average Bonchev–Trinajstić information content (AvgIpc) is 2.16. The molecule has 1 aromatic rings. The van der Waals surface area contributed by atoms with Crippen LogP contribution >= 0.6 is 11.6 Å². The maximum atomic E-state index is 11.0. The summed E-state index contributed by atoms with van der Waals surface area (Å²) in [4.78, 5) is 11.0. The monoisotopic (exact) mass is 242 g/mol. The van der Waals surface area contributed by atoms with Gasteiger partial charge < -0.3 is 9.84 Å². The van der Waals surface area contributed by atoms with E-state index in [1.165, 1.54) is 18.2 Å². The van der Waals surface area contributed by atoms with E-state index >= 15 is 0 Å². The van der Waals surface area contributed by atoms with Crippen LogP contribution in [0.25, 0.3) is 0 Å². The highest BCUT2D eigenvalue weighted by Gasteiger charge is 2.21. The highest BCUT2D eigenvalue weighted by molar-refractivity contribution is 6.30. The van der Waals surface area contributed by atoms with Gasteiger partial charge in [-0.05, 0) is 38.5 Å². The zero-order chi connectivity index (χ0) is 12.3. The molecule has 1 aromatic carbocycles. The van der Waals surface area contributed by atoms with Crippen molar-refractivity contribution in [1.82, 2.24) is 0 Å². The van der Waals surface area contributed by atoms with E-state index in [-0.39, 0.29) is 5.56 Å². The molecule has 16 heavy (non-hydrogen) atoms. The lowest BCUT2D eigenvalue weighted by Gasteiger charge is -2.25. The fourth-order valence-electron chi connectivity index (χ4n) is 1.13. The van der Waals surface area contributed by atoms with E-state index in [1.807, 2.05) is 20.8 Å². The Morgan fingerprint density at radius 3 is 2.62 bits per heavy atom. The van der Waals surface area contributed by atoms with E-state index < -0.39 is 11.6 Å². The van der Waals surface area contributed by atoms with Gasteiger partial charge in [-0.15, -0.1) is 0 Å². The molecule has 3 nitrogen and oxygen atoms in total. The standard InChI is InChI=1S/C12H15ClO3/c1-4-12(2,3)16-10-7-8(13)5-6-9(10)11(14)15/h5-7H,4H2,1-3H3,(H,14,15). The van der Waals surface area contributed by atoms with Gasteiger partial charge in [0.25, 0.3) is 0 Å². The second kappa shape index (κ2) is 4.74. The first-order valence-electron chi connectivity index (χ1n) is 5.07.